The van der Waals surface area contributed by atoms with Crippen molar-refractivity contribution in [3.8, 4) is 11.6 Å². The van der Waals surface area contributed by atoms with Crippen LogP contribution >= 0.6 is 0 Å². The van der Waals surface area contributed by atoms with Gasteiger partial charge in [0.05, 0.1) is 18.6 Å². The maximum Gasteiger partial charge on any atom is 0.276 e. The van der Waals surface area contributed by atoms with Gasteiger partial charge in [-0.15, -0.1) is 0 Å². The van der Waals surface area contributed by atoms with Crippen molar-refractivity contribution in [1.82, 2.24) is 9.88 Å². The van der Waals surface area contributed by atoms with Gasteiger partial charge in [0.15, 0.2) is 0 Å². The minimum Gasteiger partial charge on any atom is -0.498 e. The molecule has 0 aliphatic carbocycles. The molecule has 1 aliphatic rings. The number of hydrogen-bond acceptors (Lipinski definition) is 6. The average molecular weight is 535 g/mol. The first-order valence-corrected chi connectivity index (χ1v) is 13.0. The summed E-state index contributed by atoms with van der Waals surface area (Å²) >= 11 is 0. The molecule has 1 unspecified atom stereocenters. The number of halogens is 1. The Hall–Kier alpha value is -3.82. The van der Waals surface area contributed by atoms with E-state index < -0.39 is 11.6 Å². The molecule has 3 aromatic rings. The van der Waals surface area contributed by atoms with Crippen molar-refractivity contribution in [1.29, 1.82) is 0 Å². The molecule has 0 bridgehead atoms. The smallest absolute Gasteiger partial charge is 0.276 e. The van der Waals surface area contributed by atoms with Gasteiger partial charge >= 0.3 is 0 Å². The molecule has 1 fully saturated rings. The number of carboxylic acid groups (broad SMARTS) is 1. The van der Waals surface area contributed by atoms with Crippen LogP contribution in [0.1, 0.15) is 43.7 Å². The summed E-state index contributed by atoms with van der Waals surface area (Å²) in [5.41, 5.74) is 1.55. The zero-order valence-electron chi connectivity index (χ0n) is 23.1. The molecule has 206 valence electrons. The maximum atomic E-state index is 13.2. The molecule has 2 amide bonds. The first-order valence-electron chi connectivity index (χ1n) is 13.0. The van der Waals surface area contributed by atoms with E-state index in [0.717, 1.165) is 5.56 Å². The van der Waals surface area contributed by atoms with Crippen LogP contribution in [0.15, 0.2) is 66.7 Å². The van der Waals surface area contributed by atoms with Crippen molar-refractivity contribution in [2.24, 2.45) is 0 Å². The molecule has 0 spiro atoms. The van der Waals surface area contributed by atoms with Gasteiger partial charge in [-0.1, -0.05) is 18.2 Å². The minimum absolute atomic E-state index is 0.0560. The summed E-state index contributed by atoms with van der Waals surface area (Å²) in [7, 11) is 1.68. The van der Waals surface area contributed by atoms with Crippen LogP contribution in [0.25, 0.3) is 0 Å². The Labute approximate surface area is 228 Å². The monoisotopic (exact) mass is 534 g/mol. The lowest BCUT2D eigenvalue weighted by molar-refractivity contribution is -0.943. The zero-order chi connectivity index (χ0) is 28.4. The number of carbonyl (C=O) groups excluding carboxylic acids is 2. The van der Waals surface area contributed by atoms with E-state index in [-0.39, 0.29) is 33.8 Å². The summed E-state index contributed by atoms with van der Waals surface area (Å²) in [5.74, 6) is -0.00592. The van der Waals surface area contributed by atoms with Crippen LogP contribution in [0.3, 0.4) is 0 Å². The van der Waals surface area contributed by atoms with Crippen LogP contribution in [-0.2, 0) is 6.54 Å². The first-order chi connectivity index (χ1) is 18.4. The molecule has 0 radical (unpaired) electrons. The van der Waals surface area contributed by atoms with Crippen molar-refractivity contribution < 1.29 is 28.3 Å². The summed E-state index contributed by atoms with van der Waals surface area (Å²) in [6.07, 6.45) is -1.02. The quantitative estimate of drug-likeness (QED) is 0.435. The highest BCUT2D eigenvalue weighted by atomic mass is 19.1. The number of pyridine rings is 1. The van der Waals surface area contributed by atoms with E-state index in [2.05, 4.69) is 9.88 Å². The van der Waals surface area contributed by atoms with Crippen LogP contribution < -0.4 is 14.7 Å². The summed E-state index contributed by atoms with van der Waals surface area (Å²) in [5, 5.41) is 12.2. The summed E-state index contributed by atoms with van der Waals surface area (Å²) in [4.78, 5) is 33.4. The maximum absolute atomic E-state index is 13.2. The van der Waals surface area contributed by atoms with Crippen molar-refractivity contribution in [2.75, 3.05) is 31.6 Å². The standard InChI is InChI=1S/C30H35FN4O4/c1-21-19-34(17-18-35(21,29(37)38)30(2,3)4)20-22-9-13-24(14-10-22)33(5)28(36)26-7-6-8-27(32-26)39-25-15-11-23(31)12-16-25/h6-16,21H,17-20H2,1-5H3/t21-,35?/m0/s1. The predicted molar refractivity (Wildman–Crippen MR) is 145 cm³/mol. The van der Waals surface area contributed by atoms with E-state index in [0.29, 0.717) is 37.6 Å². The number of rotatable bonds is 6. The number of carbonyl (C=O) groups is 2. The number of piperazine rings is 1. The van der Waals surface area contributed by atoms with E-state index in [1.165, 1.54) is 29.2 Å². The Balaban J connectivity index is 1.39. The lowest BCUT2D eigenvalue weighted by atomic mass is 9.95. The fourth-order valence-corrected chi connectivity index (χ4v) is 5.40. The minimum atomic E-state index is -1.02. The molecular formula is C30H35FN4O4. The Morgan fingerprint density at radius 1 is 1.10 bits per heavy atom. The molecule has 2 aromatic carbocycles. The van der Waals surface area contributed by atoms with Crippen LogP contribution in [0.4, 0.5) is 14.9 Å². The van der Waals surface area contributed by atoms with E-state index >= 15 is 0 Å². The molecule has 1 aromatic heterocycles. The van der Waals surface area contributed by atoms with Gasteiger partial charge in [0.25, 0.3) is 12.0 Å². The average Bonchev–Trinajstić information content (AvgIpc) is 2.89. The van der Waals surface area contributed by atoms with Gasteiger partial charge in [0.1, 0.15) is 23.3 Å². The Kier molecular flexibility index (Phi) is 8.04. The molecule has 0 saturated carbocycles. The van der Waals surface area contributed by atoms with Gasteiger partial charge < -0.3 is 19.5 Å². The molecular weight excluding hydrogens is 499 g/mol. The molecule has 8 nitrogen and oxygen atoms in total. The number of amides is 2. The number of benzene rings is 2. The number of anilines is 1. The largest absolute Gasteiger partial charge is 0.498 e. The highest BCUT2D eigenvalue weighted by Crippen LogP contribution is 2.32. The van der Waals surface area contributed by atoms with Gasteiger partial charge in [0.2, 0.25) is 5.88 Å². The van der Waals surface area contributed by atoms with Crippen molar-refractivity contribution in [2.45, 2.75) is 45.8 Å². The van der Waals surface area contributed by atoms with E-state index in [1.807, 2.05) is 52.0 Å². The van der Waals surface area contributed by atoms with Crippen LogP contribution in [0, 0.1) is 5.82 Å². The normalized spacial score (nSPS) is 19.9. The van der Waals surface area contributed by atoms with Gasteiger partial charge in [0, 0.05) is 31.9 Å². The molecule has 1 aliphatic heterocycles. The molecule has 0 N–H and O–H groups in total. The fraction of sp³-hybridized carbons (Fsp3) is 0.367. The summed E-state index contributed by atoms with van der Waals surface area (Å²) < 4.78 is 18.8. The zero-order valence-corrected chi connectivity index (χ0v) is 23.1. The number of ether oxygens (including phenoxy) is 1. The molecule has 9 heteroatoms. The number of nitrogens with zero attached hydrogens (tertiary/aromatic N) is 4. The summed E-state index contributed by atoms with van der Waals surface area (Å²) in [6, 6.07) is 18.1. The van der Waals surface area contributed by atoms with E-state index in [4.69, 9.17) is 4.74 Å². The van der Waals surface area contributed by atoms with Crippen LogP contribution in [-0.4, -0.2) is 64.6 Å². The third kappa shape index (κ3) is 5.94. The lowest BCUT2D eigenvalue weighted by Crippen LogP contribution is -2.76. The van der Waals surface area contributed by atoms with Crippen molar-refractivity contribution in [3.63, 3.8) is 0 Å². The fourth-order valence-electron chi connectivity index (χ4n) is 5.40. The molecule has 2 atom stereocenters. The van der Waals surface area contributed by atoms with E-state index in [9.17, 15) is 19.1 Å². The Morgan fingerprint density at radius 3 is 2.36 bits per heavy atom. The van der Waals surface area contributed by atoms with Gasteiger partial charge in [-0.3, -0.25) is 14.2 Å². The second kappa shape index (κ2) is 11.1. The Bertz CT molecular complexity index is 1320. The van der Waals surface area contributed by atoms with Crippen LogP contribution in [0.2, 0.25) is 0 Å². The van der Waals surface area contributed by atoms with Crippen molar-refractivity contribution >= 4 is 17.7 Å². The van der Waals surface area contributed by atoms with Crippen LogP contribution in [0.5, 0.6) is 11.6 Å². The van der Waals surface area contributed by atoms with Gasteiger partial charge in [-0.2, -0.15) is 0 Å². The lowest BCUT2D eigenvalue weighted by Gasteiger charge is -2.55. The highest BCUT2D eigenvalue weighted by molar-refractivity contribution is 6.04. The topological polar surface area (TPSA) is 85.8 Å². The second-order valence-corrected chi connectivity index (χ2v) is 11.1. The predicted octanol–water partition coefficient (Wildman–Crippen LogP) is 4.45. The highest BCUT2D eigenvalue weighted by Gasteiger charge is 2.49. The van der Waals surface area contributed by atoms with Crippen molar-refractivity contribution in [3.05, 3.63) is 83.8 Å². The number of aromatic nitrogens is 1. The molecule has 39 heavy (non-hydrogen) atoms. The Morgan fingerprint density at radius 2 is 1.77 bits per heavy atom. The first kappa shape index (κ1) is 28.2. The van der Waals surface area contributed by atoms with E-state index in [1.54, 1.807) is 25.2 Å². The molecule has 4 rings (SSSR count). The number of quaternary nitrogens is 1. The van der Waals surface area contributed by atoms with Gasteiger partial charge in [-0.05, 0) is 75.7 Å². The molecule has 1 saturated heterocycles. The third-order valence-electron chi connectivity index (χ3n) is 7.58. The second-order valence-electron chi connectivity index (χ2n) is 11.1. The molecule has 2 heterocycles. The summed E-state index contributed by atoms with van der Waals surface area (Å²) in [6.45, 7) is 10.3. The third-order valence-corrected chi connectivity index (χ3v) is 7.58. The SMILES string of the molecule is C[C@H]1CN(Cc2ccc(N(C)C(=O)c3cccc(Oc4ccc(F)cc4)n3)cc2)CC[N+]1(C(=O)[O-])C(C)(C)C. The van der Waals surface area contributed by atoms with Gasteiger partial charge in [-0.25, -0.2) is 9.37 Å². The number of hydrogen-bond donors (Lipinski definition) is 0.